The number of hydrogen-bond acceptors (Lipinski definition) is 6. The van der Waals surface area contributed by atoms with E-state index in [0.717, 1.165) is 5.56 Å². The van der Waals surface area contributed by atoms with Crippen molar-refractivity contribution >= 4 is 29.9 Å². The van der Waals surface area contributed by atoms with Gasteiger partial charge in [-0.1, -0.05) is 17.7 Å². The third-order valence-electron chi connectivity index (χ3n) is 5.21. The Morgan fingerprint density at radius 3 is 1.97 bits per heavy atom. The van der Waals surface area contributed by atoms with Gasteiger partial charge in [0.2, 0.25) is 11.8 Å². The quantitative estimate of drug-likeness (QED) is 0.550. The van der Waals surface area contributed by atoms with Crippen LogP contribution in [0.5, 0.6) is 11.5 Å². The lowest BCUT2D eigenvalue weighted by Gasteiger charge is -2.45. The third kappa shape index (κ3) is 4.66. The fourth-order valence-electron chi connectivity index (χ4n) is 3.62. The highest BCUT2D eigenvalue weighted by Crippen LogP contribution is 2.44. The molecule has 1 saturated carbocycles. The normalized spacial score (nSPS) is 21.9. The second-order valence-electron chi connectivity index (χ2n) is 7.16. The highest BCUT2D eigenvalue weighted by atomic mass is 16.5. The third-order valence-corrected chi connectivity index (χ3v) is 5.21. The van der Waals surface area contributed by atoms with Crippen molar-refractivity contribution in [3.8, 4) is 11.5 Å². The van der Waals surface area contributed by atoms with Gasteiger partial charge in [-0.25, -0.2) is 0 Å². The molecule has 9 nitrogen and oxygen atoms in total. The van der Waals surface area contributed by atoms with Crippen LogP contribution in [0.2, 0.25) is 0 Å². The Kier molecular flexibility index (Phi) is 6.54. The van der Waals surface area contributed by atoms with E-state index in [2.05, 4.69) is 10.6 Å². The number of benzene rings is 2. The standard InChI is InChI=1S/C22H22N2O7/c1-12-3-7-14(8-4-12)31-15-9-5-13(6-10-15)24-21(27)18-16(22(28)29)17(20(26)23-2)19(18)30-11-25/h3-11,16-19H,1-2H3,(H,23,26)(H,24,27)(H,28,29). The fourth-order valence-corrected chi connectivity index (χ4v) is 3.62. The van der Waals surface area contributed by atoms with Gasteiger partial charge in [0, 0.05) is 12.7 Å². The second-order valence-corrected chi connectivity index (χ2v) is 7.16. The maximum atomic E-state index is 12.7. The highest BCUT2D eigenvalue weighted by Gasteiger charge is 2.62. The summed E-state index contributed by atoms with van der Waals surface area (Å²) in [5, 5.41) is 14.4. The van der Waals surface area contributed by atoms with Gasteiger partial charge < -0.3 is 25.2 Å². The average Bonchev–Trinajstić information content (AvgIpc) is 2.73. The van der Waals surface area contributed by atoms with Crippen molar-refractivity contribution in [2.24, 2.45) is 17.8 Å². The molecule has 3 rings (SSSR count). The molecule has 0 saturated heterocycles. The SMILES string of the molecule is CNC(=O)C1C(OC=O)C(C(=O)Nc2ccc(Oc3ccc(C)cc3)cc2)C1C(=O)O. The van der Waals surface area contributed by atoms with Crippen molar-refractivity contribution in [3.05, 3.63) is 54.1 Å². The molecule has 0 aromatic heterocycles. The molecule has 2 amide bonds. The summed E-state index contributed by atoms with van der Waals surface area (Å²) in [6.45, 7) is 2.08. The number of hydrogen-bond donors (Lipinski definition) is 3. The zero-order valence-corrected chi connectivity index (χ0v) is 16.9. The molecular formula is C22H22N2O7. The molecule has 4 atom stereocenters. The number of carbonyl (C=O) groups excluding carboxylic acids is 3. The van der Waals surface area contributed by atoms with Gasteiger partial charge in [-0.2, -0.15) is 0 Å². The zero-order chi connectivity index (χ0) is 22.5. The van der Waals surface area contributed by atoms with Gasteiger partial charge in [0.15, 0.2) is 0 Å². The van der Waals surface area contributed by atoms with Crippen LogP contribution >= 0.6 is 0 Å². The first-order valence-corrected chi connectivity index (χ1v) is 9.54. The molecule has 1 fully saturated rings. The van der Waals surface area contributed by atoms with Crippen molar-refractivity contribution in [1.29, 1.82) is 0 Å². The Labute approximate surface area is 178 Å². The number of aryl methyl sites for hydroxylation is 1. The summed E-state index contributed by atoms with van der Waals surface area (Å²) in [5.41, 5.74) is 1.51. The van der Waals surface area contributed by atoms with Gasteiger partial charge in [-0.05, 0) is 43.3 Å². The number of aliphatic carboxylic acids is 1. The van der Waals surface area contributed by atoms with E-state index in [1.165, 1.54) is 7.05 Å². The Morgan fingerprint density at radius 1 is 0.903 bits per heavy atom. The Bertz CT molecular complexity index is 972. The van der Waals surface area contributed by atoms with Gasteiger partial charge >= 0.3 is 5.97 Å². The van der Waals surface area contributed by atoms with Crippen molar-refractivity contribution in [2.75, 3.05) is 12.4 Å². The van der Waals surface area contributed by atoms with Crippen LogP contribution in [0, 0.1) is 24.7 Å². The van der Waals surface area contributed by atoms with Crippen molar-refractivity contribution < 1.29 is 33.8 Å². The molecule has 2 aromatic carbocycles. The number of ether oxygens (including phenoxy) is 2. The lowest BCUT2D eigenvalue weighted by atomic mass is 9.61. The number of rotatable bonds is 8. The molecule has 0 aliphatic heterocycles. The van der Waals surface area contributed by atoms with Crippen LogP contribution in [-0.2, 0) is 23.9 Å². The van der Waals surface area contributed by atoms with E-state index in [9.17, 15) is 24.3 Å². The maximum Gasteiger partial charge on any atom is 0.308 e. The Balaban J connectivity index is 1.70. The lowest BCUT2D eigenvalue weighted by molar-refractivity contribution is -0.187. The van der Waals surface area contributed by atoms with E-state index in [4.69, 9.17) is 9.47 Å². The first kappa shape index (κ1) is 21.8. The van der Waals surface area contributed by atoms with Crippen LogP contribution in [0.4, 0.5) is 5.69 Å². The van der Waals surface area contributed by atoms with Crippen LogP contribution in [0.1, 0.15) is 5.56 Å². The lowest BCUT2D eigenvalue weighted by Crippen LogP contribution is -2.64. The van der Waals surface area contributed by atoms with Crippen LogP contribution in [0.3, 0.4) is 0 Å². The second kappa shape index (κ2) is 9.29. The maximum absolute atomic E-state index is 12.7. The van der Waals surface area contributed by atoms with E-state index in [0.29, 0.717) is 17.2 Å². The molecule has 0 spiro atoms. The summed E-state index contributed by atoms with van der Waals surface area (Å²) in [7, 11) is 1.34. The molecule has 4 unspecified atom stereocenters. The fraction of sp³-hybridized carbons (Fsp3) is 0.273. The summed E-state index contributed by atoms with van der Waals surface area (Å²) in [6.07, 6.45) is -1.16. The molecule has 9 heteroatoms. The van der Waals surface area contributed by atoms with Crippen LogP contribution in [-0.4, -0.2) is 42.5 Å². The van der Waals surface area contributed by atoms with Gasteiger partial charge in [-0.15, -0.1) is 0 Å². The molecule has 1 aliphatic rings. The van der Waals surface area contributed by atoms with Crippen molar-refractivity contribution in [1.82, 2.24) is 5.32 Å². The van der Waals surface area contributed by atoms with Gasteiger partial charge in [0.1, 0.15) is 17.6 Å². The number of carboxylic acid groups (broad SMARTS) is 1. The van der Waals surface area contributed by atoms with Gasteiger partial charge in [-0.3, -0.25) is 19.2 Å². The predicted octanol–water partition coefficient (Wildman–Crippen LogP) is 1.96. The summed E-state index contributed by atoms with van der Waals surface area (Å²) in [4.78, 5) is 47.2. The number of anilines is 1. The highest BCUT2D eigenvalue weighted by molar-refractivity contribution is 6.00. The molecule has 31 heavy (non-hydrogen) atoms. The van der Waals surface area contributed by atoms with E-state index in [1.807, 2.05) is 31.2 Å². The van der Waals surface area contributed by atoms with E-state index < -0.39 is 41.6 Å². The van der Waals surface area contributed by atoms with Gasteiger partial charge in [0.05, 0.1) is 17.8 Å². The van der Waals surface area contributed by atoms with Gasteiger partial charge in [0.25, 0.3) is 6.47 Å². The summed E-state index contributed by atoms with van der Waals surface area (Å²) >= 11 is 0. The minimum atomic E-state index is -1.32. The molecule has 0 bridgehead atoms. The largest absolute Gasteiger partial charge is 0.481 e. The number of carbonyl (C=O) groups is 4. The molecular weight excluding hydrogens is 404 g/mol. The first-order valence-electron chi connectivity index (χ1n) is 9.54. The van der Waals surface area contributed by atoms with Crippen LogP contribution in [0.15, 0.2) is 48.5 Å². The van der Waals surface area contributed by atoms with Crippen molar-refractivity contribution in [2.45, 2.75) is 13.0 Å². The zero-order valence-electron chi connectivity index (χ0n) is 16.9. The van der Waals surface area contributed by atoms with Crippen LogP contribution < -0.4 is 15.4 Å². The molecule has 162 valence electrons. The van der Waals surface area contributed by atoms with Crippen LogP contribution in [0.25, 0.3) is 0 Å². The monoisotopic (exact) mass is 426 g/mol. The minimum Gasteiger partial charge on any atom is -0.481 e. The summed E-state index contributed by atoms with van der Waals surface area (Å²) in [6, 6.07) is 14.0. The molecule has 0 heterocycles. The van der Waals surface area contributed by atoms with E-state index in [-0.39, 0.29) is 6.47 Å². The number of carboxylic acids is 1. The average molecular weight is 426 g/mol. The first-order chi connectivity index (χ1) is 14.8. The molecule has 0 radical (unpaired) electrons. The Hall–Kier alpha value is -3.88. The molecule has 2 aromatic rings. The van der Waals surface area contributed by atoms with E-state index >= 15 is 0 Å². The molecule has 1 aliphatic carbocycles. The Morgan fingerprint density at radius 2 is 1.45 bits per heavy atom. The number of nitrogens with one attached hydrogen (secondary N) is 2. The van der Waals surface area contributed by atoms with E-state index in [1.54, 1.807) is 24.3 Å². The van der Waals surface area contributed by atoms with Crippen molar-refractivity contribution in [3.63, 3.8) is 0 Å². The summed E-state index contributed by atoms with van der Waals surface area (Å²) < 4.78 is 10.6. The summed E-state index contributed by atoms with van der Waals surface area (Å²) in [5.74, 6) is -5.03. The topological polar surface area (TPSA) is 131 Å². The number of amides is 2. The smallest absolute Gasteiger partial charge is 0.308 e. The minimum absolute atomic E-state index is 0.107. The molecule has 3 N–H and O–H groups in total. The predicted molar refractivity (Wildman–Crippen MR) is 109 cm³/mol.